The second kappa shape index (κ2) is 3.49. The van der Waals surface area contributed by atoms with Gasteiger partial charge in [0.15, 0.2) is 9.84 Å². The standard InChI is InChI=1S/C13H11NO3S/c1-18(16,17)13-11(15)7-6-9-8-4-2-3-5-10(8)14-12(9)13/h2-7,14-15H,1H3. The lowest BCUT2D eigenvalue weighted by Crippen LogP contribution is -1.98. The van der Waals surface area contributed by atoms with E-state index in [-0.39, 0.29) is 10.6 Å². The van der Waals surface area contributed by atoms with Gasteiger partial charge in [0.25, 0.3) is 0 Å². The Kier molecular flexibility index (Phi) is 2.15. The van der Waals surface area contributed by atoms with Crippen molar-refractivity contribution < 1.29 is 13.5 Å². The smallest absolute Gasteiger partial charge is 0.181 e. The molecule has 18 heavy (non-hydrogen) atoms. The SMILES string of the molecule is CS(=O)(=O)c1c(O)ccc2c1[nH]c1ccccc12. The number of phenolic OH excluding ortho intramolecular Hbond substituents is 1. The first kappa shape index (κ1) is 11.1. The van der Waals surface area contributed by atoms with Crippen molar-refractivity contribution in [3.05, 3.63) is 36.4 Å². The summed E-state index contributed by atoms with van der Waals surface area (Å²) in [7, 11) is -3.49. The van der Waals surface area contributed by atoms with Crippen LogP contribution in [0.1, 0.15) is 0 Å². The van der Waals surface area contributed by atoms with E-state index in [1.165, 1.54) is 6.07 Å². The Morgan fingerprint density at radius 2 is 1.78 bits per heavy atom. The quantitative estimate of drug-likeness (QED) is 0.706. The van der Waals surface area contributed by atoms with Crippen LogP contribution >= 0.6 is 0 Å². The predicted octanol–water partition coefficient (Wildman–Crippen LogP) is 2.43. The zero-order valence-corrected chi connectivity index (χ0v) is 10.5. The predicted molar refractivity (Wildman–Crippen MR) is 70.6 cm³/mol. The molecule has 0 fully saturated rings. The van der Waals surface area contributed by atoms with Crippen LogP contribution in [0.25, 0.3) is 21.8 Å². The van der Waals surface area contributed by atoms with Crippen LogP contribution in [0.3, 0.4) is 0 Å². The zero-order chi connectivity index (χ0) is 12.9. The van der Waals surface area contributed by atoms with E-state index in [9.17, 15) is 13.5 Å². The van der Waals surface area contributed by atoms with Crippen LogP contribution in [0, 0.1) is 0 Å². The maximum atomic E-state index is 11.8. The van der Waals surface area contributed by atoms with E-state index in [1.54, 1.807) is 6.07 Å². The summed E-state index contributed by atoms with van der Waals surface area (Å²) in [4.78, 5) is 3.01. The summed E-state index contributed by atoms with van der Waals surface area (Å²) >= 11 is 0. The molecule has 5 heteroatoms. The first-order valence-corrected chi connectivity index (χ1v) is 7.30. The molecular formula is C13H11NO3S. The molecule has 0 atom stereocenters. The minimum Gasteiger partial charge on any atom is -0.507 e. The molecule has 0 aliphatic rings. The second-order valence-electron chi connectivity index (χ2n) is 4.28. The maximum Gasteiger partial charge on any atom is 0.181 e. The lowest BCUT2D eigenvalue weighted by Gasteiger charge is -2.03. The van der Waals surface area contributed by atoms with Gasteiger partial charge in [-0.1, -0.05) is 18.2 Å². The third kappa shape index (κ3) is 1.48. The van der Waals surface area contributed by atoms with Gasteiger partial charge in [0.2, 0.25) is 0 Å². The van der Waals surface area contributed by atoms with E-state index in [0.717, 1.165) is 22.5 Å². The van der Waals surface area contributed by atoms with Crippen LogP contribution in [0.2, 0.25) is 0 Å². The zero-order valence-electron chi connectivity index (χ0n) is 9.64. The molecule has 0 saturated carbocycles. The number of nitrogens with one attached hydrogen (secondary N) is 1. The van der Waals surface area contributed by atoms with Crippen molar-refractivity contribution in [1.82, 2.24) is 4.98 Å². The fourth-order valence-corrected chi connectivity index (χ4v) is 3.24. The van der Waals surface area contributed by atoms with Crippen molar-refractivity contribution >= 4 is 31.6 Å². The Labute approximate surface area is 104 Å². The minimum absolute atomic E-state index is 0.0452. The topological polar surface area (TPSA) is 70.2 Å². The molecule has 92 valence electrons. The number of fused-ring (bicyclic) bond motifs is 3. The highest BCUT2D eigenvalue weighted by Crippen LogP contribution is 2.34. The summed E-state index contributed by atoms with van der Waals surface area (Å²) in [6.07, 6.45) is 1.09. The van der Waals surface area contributed by atoms with Crippen molar-refractivity contribution in [2.24, 2.45) is 0 Å². The van der Waals surface area contributed by atoms with Crippen LogP contribution in [0.4, 0.5) is 0 Å². The molecule has 0 aliphatic carbocycles. The van der Waals surface area contributed by atoms with Gasteiger partial charge >= 0.3 is 0 Å². The van der Waals surface area contributed by atoms with Crippen molar-refractivity contribution in [2.45, 2.75) is 4.90 Å². The molecule has 0 unspecified atom stereocenters. The summed E-state index contributed by atoms with van der Waals surface area (Å²) in [6.45, 7) is 0. The first-order chi connectivity index (χ1) is 8.48. The third-order valence-electron chi connectivity index (χ3n) is 2.98. The summed E-state index contributed by atoms with van der Waals surface area (Å²) in [5.74, 6) is -0.225. The van der Waals surface area contributed by atoms with E-state index in [0.29, 0.717) is 5.52 Å². The van der Waals surface area contributed by atoms with Crippen molar-refractivity contribution in [1.29, 1.82) is 0 Å². The van der Waals surface area contributed by atoms with E-state index in [2.05, 4.69) is 4.98 Å². The van der Waals surface area contributed by atoms with Crippen LogP contribution in [-0.4, -0.2) is 24.8 Å². The fraction of sp³-hybridized carbons (Fsp3) is 0.0769. The monoisotopic (exact) mass is 261 g/mol. The van der Waals surface area contributed by atoms with Gasteiger partial charge in [-0.2, -0.15) is 0 Å². The Morgan fingerprint density at radius 1 is 1.06 bits per heavy atom. The van der Waals surface area contributed by atoms with Gasteiger partial charge in [-0.25, -0.2) is 8.42 Å². The van der Waals surface area contributed by atoms with E-state index in [4.69, 9.17) is 0 Å². The molecule has 3 aromatic rings. The van der Waals surface area contributed by atoms with Crippen molar-refractivity contribution in [2.75, 3.05) is 6.26 Å². The number of phenols is 1. The lowest BCUT2D eigenvalue weighted by molar-refractivity contribution is 0.461. The third-order valence-corrected chi connectivity index (χ3v) is 4.14. The lowest BCUT2D eigenvalue weighted by atomic mass is 10.1. The van der Waals surface area contributed by atoms with Crippen LogP contribution in [0.5, 0.6) is 5.75 Å². The van der Waals surface area contributed by atoms with Gasteiger partial charge in [0.05, 0.1) is 5.52 Å². The van der Waals surface area contributed by atoms with Gasteiger partial charge in [0.1, 0.15) is 10.6 Å². The highest BCUT2D eigenvalue weighted by Gasteiger charge is 2.19. The number of hydrogen-bond acceptors (Lipinski definition) is 3. The normalized spacial score (nSPS) is 12.3. The van der Waals surface area contributed by atoms with Gasteiger partial charge < -0.3 is 10.1 Å². The fourth-order valence-electron chi connectivity index (χ4n) is 2.26. The van der Waals surface area contributed by atoms with Gasteiger partial charge in [-0.3, -0.25) is 0 Å². The highest BCUT2D eigenvalue weighted by molar-refractivity contribution is 7.91. The van der Waals surface area contributed by atoms with Gasteiger partial charge in [-0.05, 0) is 18.2 Å². The molecule has 3 rings (SSSR count). The minimum atomic E-state index is -3.49. The van der Waals surface area contributed by atoms with E-state index < -0.39 is 9.84 Å². The van der Waals surface area contributed by atoms with Crippen LogP contribution in [-0.2, 0) is 9.84 Å². The molecule has 2 aromatic carbocycles. The molecule has 4 nitrogen and oxygen atoms in total. The van der Waals surface area contributed by atoms with Gasteiger partial charge in [0, 0.05) is 22.5 Å². The number of aromatic amines is 1. The molecular weight excluding hydrogens is 250 g/mol. The number of benzene rings is 2. The molecule has 0 aliphatic heterocycles. The number of sulfone groups is 1. The highest BCUT2D eigenvalue weighted by atomic mass is 32.2. The number of aromatic nitrogens is 1. The summed E-state index contributed by atoms with van der Waals surface area (Å²) in [6, 6.07) is 10.7. The van der Waals surface area contributed by atoms with Crippen molar-refractivity contribution in [3.8, 4) is 5.75 Å². The molecule has 1 aromatic heterocycles. The van der Waals surface area contributed by atoms with Crippen molar-refractivity contribution in [3.63, 3.8) is 0 Å². The Balaban J connectivity index is 2.60. The summed E-state index contributed by atoms with van der Waals surface area (Å²) < 4.78 is 23.5. The largest absolute Gasteiger partial charge is 0.507 e. The van der Waals surface area contributed by atoms with Gasteiger partial charge in [-0.15, -0.1) is 0 Å². The van der Waals surface area contributed by atoms with E-state index in [1.807, 2.05) is 24.3 Å². The molecule has 2 N–H and O–H groups in total. The maximum absolute atomic E-state index is 11.8. The Morgan fingerprint density at radius 3 is 2.50 bits per heavy atom. The first-order valence-electron chi connectivity index (χ1n) is 5.41. The van der Waals surface area contributed by atoms with Crippen LogP contribution in [0.15, 0.2) is 41.3 Å². The molecule has 0 bridgehead atoms. The number of H-pyrrole nitrogens is 1. The molecule has 0 amide bonds. The van der Waals surface area contributed by atoms with E-state index >= 15 is 0 Å². The molecule has 0 radical (unpaired) electrons. The molecule has 0 saturated heterocycles. The number of hydrogen-bond donors (Lipinski definition) is 2. The summed E-state index contributed by atoms with van der Waals surface area (Å²) in [5.41, 5.74) is 1.31. The molecule has 1 heterocycles. The number of para-hydroxylation sites is 1. The molecule has 0 spiro atoms. The number of aromatic hydroxyl groups is 1. The average Bonchev–Trinajstić information content (AvgIpc) is 2.64. The van der Waals surface area contributed by atoms with Crippen LogP contribution < -0.4 is 0 Å². The number of rotatable bonds is 1. The Hall–Kier alpha value is -2.01. The average molecular weight is 261 g/mol. The second-order valence-corrected chi connectivity index (χ2v) is 6.23. The summed E-state index contributed by atoms with van der Waals surface area (Å²) in [5, 5.41) is 11.5. The Bertz CT molecular complexity index is 862.